The highest BCUT2D eigenvalue weighted by molar-refractivity contribution is 9.10. The Balaban J connectivity index is 1.67. The molecule has 0 aliphatic carbocycles. The van der Waals surface area contributed by atoms with Crippen molar-refractivity contribution in [2.75, 3.05) is 5.32 Å². The summed E-state index contributed by atoms with van der Waals surface area (Å²) in [6, 6.07) is 19.4. The van der Waals surface area contributed by atoms with Crippen molar-refractivity contribution in [1.29, 1.82) is 0 Å². The molecule has 3 aromatic carbocycles. The summed E-state index contributed by atoms with van der Waals surface area (Å²) >= 11 is 3.36. The average Bonchev–Trinajstić information content (AvgIpc) is 3.25. The molecule has 2 atom stereocenters. The van der Waals surface area contributed by atoms with E-state index in [4.69, 9.17) is 4.84 Å². The molecule has 0 fully saturated rings. The maximum absolute atomic E-state index is 13.4. The molecule has 3 aromatic rings. The minimum Gasteiger partial charge on any atom is -0.386 e. The Bertz CT molecular complexity index is 1190. The normalized spacial score (nSPS) is 17.9. The van der Waals surface area contributed by atoms with E-state index < -0.39 is 23.8 Å². The van der Waals surface area contributed by atoms with E-state index >= 15 is 0 Å². The van der Waals surface area contributed by atoms with Gasteiger partial charge in [0, 0.05) is 15.7 Å². The van der Waals surface area contributed by atoms with Gasteiger partial charge in [-0.1, -0.05) is 71.3 Å². The molecule has 4 rings (SSSR count). The fourth-order valence-corrected chi connectivity index (χ4v) is 4.04. The van der Waals surface area contributed by atoms with Crippen molar-refractivity contribution in [3.8, 4) is 0 Å². The zero-order valence-electron chi connectivity index (χ0n) is 18.4. The smallest absolute Gasteiger partial charge is 0.386 e. The first-order valence-corrected chi connectivity index (χ1v) is 11.5. The van der Waals surface area contributed by atoms with E-state index in [2.05, 4.69) is 40.2 Å². The van der Waals surface area contributed by atoms with Crippen LogP contribution < -0.4 is 5.32 Å². The van der Waals surface area contributed by atoms with Gasteiger partial charge in [0.1, 0.15) is 11.6 Å². The summed E-state index contributed by atoms with van der Waals surface area (Å²) in [5.41, 5.74) is 2.53. The Morgan fingerprint density at radius 3 is 2.15 bits per heavy atom. The molecule has 34 heavy (non-hydrogen) atoms. The van der Waals surface area contributed by atoms with Gasteiger partial charge in [-0.05, 0) is 53.4 Å². The summed E-state index contributed by atoms with van der Waals surface area (Å²) in [6.07, 6.45) is -5.31. The number of carbonyl (C=O) groups is 1. The van der Waals surface area contributed by atoms with E-state index in [1.165, 1.54) is 12.1 Å². The van der Waals surface area contributed by atoms with Gasteiger partial charge in [0.15, 0.2) is 6.10 Å². The van der Waals surface area contributed by atoms with Crippen LogP contribution in [0.25, 0.3) is 0 Å². The van der Waals surface area contributed by atoms with Gasteiger partial charge in [-0.25, -0.2) is 0 Å². The minimum absolute atomic E-state index is 0.340. The molecule has 0 radical (unpaired) electrons. The van der Waals surface area contributed by atoms with E-state index in [-0.39, 0.29) is 5.91 Å². The Kier molecular flexibility index (Phi) is 6.79. The van der Waals surface area contributed by atoms with Crippen molar-refractivity contribution in [2.24, 2.45) is 11.1 Å². The van der Waals surface area contributed by atoms with E-state index in [1.807, 2.05) is 24.3 Å². The lowest BCUT2D eigenvalue weighted by Gasteiger charge is -2.20. The maximum atomic E-state index is 13.4. The van der Waals surface area contributed by atoms with Gasteiger partial charge in [0.2, 0.25) is 5.91 Å². The highest BCUT2D eigenvalue weighted by atomic mass is 79.9. The molecule has 0 spiro atoms. The minimum atomic E-state index is -4.45. The zero-order valence-corrected chi connectivity index (χ0v) is 20.0. The highest BCUT2D eigenvalue weighted by Crippen LogP contribution is 2.38. The van der Waals surface area contributed by atoms with Crippen LogP contribution in [0.1, 0.15) is 48.1 Å². The first kappa shape index (κ1) is 24.0. The van der Waals surface area contributed by atoms with Gasteiger partial charge in [-0.15, -0.1) is 0 Å². The number of amides is 1. The SMILES string of the molecule is CC(C)c1ccc(C2=NOC(c3ccc(C(F)(F)F)cc3)C2C(=O)Nc2ccc(Br)cc2)cc1. The fraction of sp³-hybridized carbons (Fsp3) is 0.231. The van der Waals surface area contributed by atoms with E-state index in [0.717, 1.165) is 27.7 Å². The van der Waals surface area contributed by atoms with Crippen molar-refractivity contribution < 1.29 is 22.8 Å². The number of nitrogens with zero attached hydrogens (tertiary/aromatic N) is 1. The third-order valence-electron chi connectivity index (χ3n) is 5.70. The molecule has 176 valence electrons. The fourth-order valence-electron chi connectivity index (χ4n) is 3.78. The molecule has 0 aromatic heterocycles. The zero-order chi connectivity index (χ0) is 24.5. The number of nitrogens with one attached hydrogen (secondary N) is 1. The second-order valence-corrected chi connectivity index (χ2v) is 9.29. The molecule has 1 aliphatic rings. The largest absolute Gasteiger partial charge is 0.416 e. The number of halogens is 4. The quantitative estimate of drug-likeness (QED) is 0.375. The molecule has 1 aliphatic heterocycles. The van der Waals surface area contributed by atoms with Crippen LogP contribution in [0.4, 0.5) is 18.9 Å². The number of benzene rings is 3. The average molecular weight is 531 g/mol. The highest BCUT2D eigenvalue weighted by Gasteiger charge is 2.42. The Hall–Kier alpha value is -3.13. The summed E-state index contributed by atoms with van der Waals surface area (Å²) < 4.78 is 39.9. The summed E-state index contributed by atoms with van der Waals surface area (Å²) in [5.74, 6) is -0.881. The number of anilines is 1. The summed E-state index contributed by atoms with van der Waals surface area (Å²) in [5, 5.41) is 7.07. The molecule has 0 saturated heterocycles. The lowest BCUT2D eigenvalue weighted by molar-refractivity contribution is -0.137. The van der Waals surface area contributed by atoms with E-state index in [1.54, 1.807) is 24.3 Å². The number of rotatable bonds is 5. The topological polar surface area (TPSA) is 50.7 Å². The molecule has 1 N–H and O–H groups in total. The van der Waals surface area contributed by atoms with Crippen LogP contribution in [0.2, 0.25) is 0 Å². The third kappa shape index (κ3) is 5.17. The number of alkyl halides is 3. The first-order chi connectivity index (χ1) is 16.1. The van der Waals surface area contributed by atoms with Crippen molar-refractivity contribution in [3.63, 3.8) is 0 Å². The van der Waals surface area contributed by atoms with Crippen molar-refractivity contribution >= 4 is 33.2 Å². The van der Waals surface area contributed by atoms with Crippen LogP contribution in [0.5, 0.6) is 0 Å². The number of hydrogen-bond donors (Lipinski definition) is 1. The predicted octanol–water partition coefficient (Wildman–Crippen LogP) is 7.32. The van der Waals surface area contributed by atoms with Gasteiger partial charge >= 0.3 is 6.18 Å². The third-order valence-corrected chi connectivity index (χ3v) is 6.22. The van der Waals surface area contributed by atoms with Gasteiger partial charge in [0.25, 0.3) is 0 Å². The molecule has 0 saturated carbocycles. The molecule has 4 nitrogen and oxygen atoms in total. The molecule has 1 heterocycles. The van der Waals surface area contributed by atoms with Crippen molar-refractivity contribution in [2.45, 2.75) is 32.0 Å². The molecule has 8 heteroatoms. The number of oxime groups is 1. The Labute approximate surface area is 203 Å². The lowest BCUT2D eigenvalue weighted by Crippen LogP contribution is -2.32. The second kappa shape index (κ2) is 9.62. The van der Waals surface area contributed by atoms with Gasteiger partial charge < -0.3 is 10.2 Å². The van der Waals surface area contributed by atoms with Crippen LogP contribution in [0.15, 0.2) is 82.4 Å². The van der Waals surface area contributed by atoms with Crippen LogP contribution in [-0.2, 0) is 15.8 Å². The number of hydrogen-bond acceptors (Lipinski definition) is 3. The van der Waals surface area contributed by atoms with Gasteiger partial charge in [-0.3, -0.25) is 4.79 Å². The van der Waals surface area contributed by atoms with E-state index in [0.29, 0.717) is 22.9 Å². The summed E-state index contributed by atoms with van der Waals surface area (Å²) in [6.45, 7) is 4.17. The summed E-state index contributed by atoms with van der Waals surface area (Å²) in [4.78, 5) is 19.0. The molecule has 1 amide bonds. The maximum Gasteiger partial charge on any atom is 0.416 e. The molecular formula is C26H22BrF3N2O2. The predicted molar refractivity (Wildman–Crippen MR) is 129 cm³/mol. The summed E-state index contributed by atoms with van der Waals surface area (Å²) in [7, 11) is 0. The van der Waals surface area contributed by atoms with Crippen molar-refractivity contribution in [3.05, 3.63) is 99.5 Å². The Morgan fingerprint density at radius 2 is 1.59 bits per heavy atom. The van der Waals surface area contributed by atoms with Gasteiger partial charge in [-0.2, -0.15) is 13.2 Å². The standard InChI is InChI=1S/C26H22BrF3N2O2/c1-15(2)16-3-5-17(6-4-16)23-22(25(33)31-21-13-11-20(27)12-14-21)24(34-32-23)18-7-9-19(10-8-18)26(28,29)30/h3-15,22,24H,1-2H3,(H,31,33). The monoisotopic (exact) mass is 530 g/mol. The van der Waals surface area contributed by atoms with E-state index in [9.17, 15) is 18.0 Å². The molecule has 2 unspecified atom stereocenters. The number of carbonyl (C=O) groups excluding carboxylic acids is 1. The van der Waals surface area contributed by atoms with Crippen LogP contribution in [-0.4, -0.2) is 11.6 Å². The molecular weight excluding hydrogens is 509 g/mol. The van der Waals surface area contributed by atoms with Crippen LogP contribution in [0.3, 0.4) is 0 Å². The van der Waals surface area contributed by atoms with Crippen LogP contribution >= 0.6 is 15.9 Å². The van der Waals surface area contributed by atoms with Gasteiger partial charge in [0.05, 0.1) is 5.56 Å². The Morgan fingerprint density at radius 1 is 0.971 bits per heavy atom. The molecule has 0 bridgehead atoms. The van der Waals surface area contributed by atoms with Crippen molar-refractivity contribution in [1.82, 2.24) is 0 Å². The first-order valence-electron chi connectivity index (χ1n) is 10.7. The van der Waals surface area contributed by atoms with Crippen LogP contribution in [0, 0.1) is 5.92 Å². The second-order valence-electron chi connectivity index (χ2n) is 8.37. The lowest BCUT2D eigenvalue weighted by atomic mass is 9.87.